The number of aliphatic imine (C=N–C) groups is 1. The molecule has 0 bridgehead atoms. The molecule has 0 saturated heterocycles. The molecule has 0 saturated carbocycles. The molecular weight excluding hydrogens is 346 g/mol. The number of nitrogens with one attached hydrogen (secondary N) is 2. The summed E-state index contributed by atoms with van der Waals surface area (Å²) in [5.74, 6) is 0.776. The number of alkyl halides is 2. The first-order valence-electron chi connectivity index (χ1n) is 8.04. The minimum atomic E-state index is -2.85. The van der Waals surface area contributed by atoms with Crippen LogP contribution in [0.3, 0.4) is 0 Å². The Kier molecular flexibility index (Phi) is 7.59. The number of hydrogen-bond acceptors (Lipinski definition) is 4. The lowest BCUT2D eigenvalue weighted by molar-refractivity contribution is -0.0504. The summed E-state index contributed by atoms with van der Waals surface area (Å²) in [5.41, 5.74) is 0.607. The molecule has 2 aromatic rings. The van der Waals surface area contributed by atoms with Crippen molar-refractivity contribution in [3.05, 3.63) is 45.9 Å². The topological polar surface area (TPSA) is 58.5 Å². The van der Waals surface area contributed by atoms with Crippen molar-refractivity contribution in [2.24, 2.45) is 4.99 Å². The van der Waals surface area contributed by atoms with Crippen LogP contribution in [0.1, 0.15) is 22.4 Å². The summed E-state index contributed by atoms with van der Waals surface area (Å²) in [6.45, 7) is 2.78. The molecule has 0 fully saturated rings. The second-order valence-corrected chi connectivity index (χ2v) is 6.54. The fraction of sp³-hybridized carbons (Fsp3) is 0.412. The van der Waals surface area contributed by atoms with Crippen LogP contribution in [0.4, 0.5) is 8.78 Å². The summed E-state index contributed by atoms with van der Waals surface area (Å²) in [4.78, 5) is 9.95. The molecule has 1 heterocycles. The molecule has 2 rings (SSSR count). The molecule has 136 valence electrons. The van der Waals surface area contributed by atoms with Gasteiger partial charge in [-0.3, -0.25) is 0 Å². The summed E-state index contributed by atoms with van der Waals surface area (Å²) in [7, 11) is 0. The van der Waals surface area contributed by atoms with Crippen LogP contribution in [0.25, 0.3) is 0 Å². The molecule has 0 aliphatic carbocycles. The van der Waals surface area contributed by atoms with Crippen LogP contribution >= 0.6 is 11.3 Å². The van der Waals surface area contributed by atoms with Gasteiger partial charge in [0.1, 0.15) is 5.75 Å². The quantitative estimate of drug-likeness (QED) is 0.554. The molecule has 0 radical (unpaired) electrons. The first-order chi connectivity index (χ1) is 12.1. The number of hydrogen-bond donors (Lipinski definition) is 2. The molecule has 5 nitrogen and oxygen atoms in total. The van der Waals surface area contributed by atoms with Gasteiger partial charge in [0.2, 0.25) is 0 Å². The van der Waals surface area contributed by atoms with Crippen LogP contribution in [0.5, 0.6) is 5.75 Å². The summed E-state index contributed by atoms with van der Waals surface area (Å²) < 4.78 is 29.5. The van der Waals surface area contributed by atoms with E-state index in [1.54, 1.807) is 29.5 Å². The van der Waals surface area contributed by atoms with Gasteiger partial charge in [-0.1, -0.05) is 18.2 Å². The van der Waals surface area contributed by atoms with E-state index >= 15 is 0 Å². The number of ether oxygens (including phenoxy) is 1. The fourth-order valence-corrected chi connectivity index (χ4v) is 2.94. The van der Waals surface area contributed by atoms with E-state index in [0.29, 0.717) is 24.6 Å². The standard InChI is InChI=1S/C17H22F2N4OS/c1-3-20-17(21-9-8-15-22-10-12(2)25-15)23-11-13-6-4-5-7-14(13)24-16(18)19/h4-7,10,16H,3,8-9,11H2,1-2H3,(H2,20,21,23). The number of guanidine groups is 1. The molecule has 1 aromatic carbocycles. The second kappa shape index (κ2) is 9.93. The Morgan fingerprint density at radius 1 is 1.32 bits per heavy atom. The third kappa shape index (κ3) is 6.66. The molecule has 0 aliphatic heterocycles. The monoisotopic (exact) mass is 368 g/mol. The minimum absolute atomic E-state index is 0.148. The van der Waals surface area contributed by atoms with Gasteiger partial charge >= 0.3 is 6.61 Å². The van der Waals surface area contributed by atoms with Crippen LogP contribution in [0, 0.1) is 6.92 Å². The maximum atomic E-state index is 12.5. The van der Waals surface area contributed by atoms with Gasteiger partial charge in [-0.05, 0) is 19.9 Å². The van der Waals surface area contributed by atoms with Crippen LogP contribution in [-0.4, -0.2) is 30.6 Å². The largest absolute Gasteiger partial charge is 0.434 e. The number of thiazole rings is 1. The molecule has 0 aliphatic rings. The Morgan fingerprint density at radius 3 is 2.80 bits per heavy atom. The molecule has 2 N–H and O–H groups in total. The van der Waals surface area contributed by atoms with E-state index in [1.165, 1.54) is 10.9 Å². The van der Waals surface area contributed by atoms with Gasteiger partial charge < -0.3 is 15.4 Å². The maximum absolute atomic E-state index is 12.5. The molecule has 0 unspecified atom stereocenters. The van der Waals surface area contributed by atoms with Crippen molar-refractivity contribution in [1.82, 2.24) is 15.6 Å². The number of halogens is 2. The first-order valence-corrected chi connectivity index (χ1v) is 8.86. The highest BCUT2D eigenvalue weighted by Crippen LogP contribution is 2.20. The Morgan fingerprint density at radius 2 is 2.12 bits per heavy atom. The molecule has 1 aromatic heterocycles. The lowest BCUT2D eigenvalue weighted by Gasteiger charge is -2.12. The van der Waals surface area contributed by atoms with Gasteiger partial charge in [-0.2, -0.15) is 8.78 Å². The second-order valence-electron chi connectivity index (χ2n) is 5.22. The van der Waals surface area contributed by atoms with E-state index < -0.39 is 6.61 Å². The third-order valence-electron chi connectivity index (χ3n) is 3.24. The molecule has 0 atom stereocenters. The number of rotatable bonds is 8. The van der Waals surface area contributed by atoms with Crippen molar-refractivity contribution in [3.8, 4) is 5.75 Å². The van der Waals surface area contributed by atoms with Gasteiger partial charge in [0.15, 0.2) is 5.96 Å². The predicted molar refractivity (Wildman–Crippen MR) is 96.4 cm³/mol. The smallest absolute Gasteiger partial charge is 0.387 e. The lowest BCUT2D eigenvalue weighted by atomic mass is 10.2. The first kappa shape index (κ1) is 19.1. The van der Waals surface area contributed by atoms with Crippen LogP contribution in [-0.2, 0) is 13.0 Å². The number of para-hydroxylation sites is 1. The Hall–Kier alpha value is -2.22. The number of aryl methyl sites for hydroxylation is 1. The van der Waals surface area contributed by atoms with E-state index in [0.717, 1.165) is 11.4 Å². The summed E-state index contributed by atoms with van der Waals surface area (Å²) in [6.07, 6.45) is 2.66. The van der Waals surface area contributed by atoms with E-state index in [9.17, 15) is 8.78 Å². The number of aromatic nitrogens is 1. The van der Waals surface area contributed by atoms with Crippen LogP contribution in [0.15, 0.2) is 35.5 Å². The van der Waals surface area contributed by atoms with Gasteiger partial charge in [0, 0.05) is 36.1 Å². The van der Waals surface area contributed by atoms with Crippen LogP contribution < -0.4 is 15.4 Å². The van der Waals surface area contributed by atoms with E-state index in [2.05, 4.69) is 25.3 Å². The van der Waals surface area contributed by atoms with Crippen molar-refractivity contribution in [2.75, 3.05) is 13.1 Å². The summed E-state index contributed by atoms with van der Waals surface area (Å²) in [5, 5.41) is 7.43. The zero-order chi connectivity index (χ0) is 18.1. The average molecular weight is 368 g/mol. The minimum Gasteiger partial charge on any atom is -0.434 e. The summed E-state index contributed by atoms with van der Waals surface area (Å²) >= 11 is 1.67. The van der Waals surface area contributed by atoms with Crippen LogP contribution in [0.2, 0.25) is 0 Å². The molecule has 0 amide bonds. The highest BCUT2D eigenvalue weighted by Gasteiger charge is 2.09. The molecule has 8 heteroatoms. The zero-order valence-electron chi connectivity index (χ0n) is 14.3. The average Bonchev–Trinajstić information content (AvgIpc) is 2.98. The normalized spacial score (nSPS) is 11.6. The Labute approximate surface area is 150 Å². The van der Waals surface area contributed by atoms with Gasteiger partial charge in [0.25, 0.3) is 0 Å². The van der Waals surface area contributed by atoms with Crippen molar-refractivity contribution in [3.63, 3.8) is 0 Å². The van der Waals surface area contributed by atoms with Crippen molar-refractivity contribution in [2.45, 2.75) is 33.4 Å². The molecule has 25 heavy (non-hydrogen) atoms. The third-order valence-corrected chi connectivity index (χ3v) is 4.21. The van der Waals surface area contributed by atoms with Crippen molar-refractivity contribution >= 4 is 17.3 Å². The van der Waals surface area contributed by atoms with Crippen molar-refractivity contribution < 1.29 is 13.5 Å². The van der Waals surface area contributed by atoms with Gasteiger partial charge in [0.05, 0.1) is 11.6 Å². The number of nitrogens with zero attached hydrogens (tertiary/aromatic N) is 2. The van der Waals surface area contributed by atoms with E-state index in [-0.39, 0.29) is 12.3 Å². The van der Waals surface area contributed by atoms with Gasteiger partial charge in [-0.15, -0.1) is 11.3 Å². The van der Waals surface area contributed by atoms with Crippen molar-refractivity contribution in [1.29, 1.82) is 0 Å². The SMILES string of the molecule is CCNC(=NCc1ccccc1OC(F)F)NCCc1ncc(C)s1. The lowest BCUT2D eigenvalue weighted by Crippen LogP contribution is -2.38. The fourth-order valence-electron chi connectivity index (χ4n) is 2.16. The summed E-state index contributed by atoms with van der Waals surface area (Å²) in [6, 6.07) is 6.67. The maximum Gasteiger partial charge on any atom is 0.387 e. The highest BCUT2D eigenvalue weighted by atomic mass is 32.1. The van der Waals surface area contributed by atoms with E-state index in [4.69, 9.17) is 0 Å². The van der Waals surface area contributed by atoms with Gasteiger partial charge in [-0.25, -0.2) is 9.98 Å². The molecule has 0 spiro atoms. The predicted octanol–water partition coefficient (Wildman–Crippen LogP) is 3.35. The van der Waals surface area contributed by atoms with E-state index in [1.807, 2.05) is 20.0 Å². The zero-order valence-corrected chi connectivity index (χ0v) is 15.1. The number of benzene rings is 1. The molecular formula is C17H22F2N4OS. The Bertz CT molecular complexity index is 691. The highest BCUT2D eigenvalue weighted by molar-refractivity contribution is 7.11. The Balaban J connectivity index is 1.94.